The highest BCUT2D eigenvalue weighted by Gasteiger charge is 2.66. The molecule has 2 aromatic carbocycles. The average Bonchev–Trinajstić information content (AvgIpc) is 3.29. The van der Waals surface area contributed by atoms with Crippen LogP contribution in [0.15, 0.2) is 60.7 Å². The van der Waals surface area contributed by atoms with Crippen molar-refractivity contribution < 1.29 is 9.59 Å². The van der Waals surface area contributed by atoms with Gasteiger partial charge >= 0.3 is 0 Å². The lowest BCUT2D eigenvalue weighted by molar-refractivity contribution is -0.122. The van der Waals surface area contributed by atoms with Crippen LogP contribution in [0.3, 0.4) is 0 Å². The number of hydrogen-bond donors (Lipinski definition) is 1. The predicted molar refractivity (Wildman–Crippen MR) is 96.8 cm³/mol. The van der Waals surface area contributed by atoms with E-state index in [4.69, 9.17) is 11.6 Å². The molecule has 1 spiro atoms. The highest BCUT2D eigenvalue weighted by atomic mass is 35.5. The Morgan fingerprint density at radius 3 is 2.64 bits per heavy atom. The molecule has 0 saturated heterocycles. The first-order valence-electron chi connectivity index (χ1n) is 8.51. The smallest absolute Gasteiger partial charge is 0.236 e. The minimum absolute atomic E-state index is 0.0281. The van der Waals surface area contributed by atoms with Crippen LogP contribution < -0.4 is 5.32 Å². The summed E-state index contributed by atoms with van der Waals surface area (Å²) in [7, 11) is 0. The Kier molecular flexibility index (Phi) is 3.02. The van der Waals surface area contributed by atoms with Crippen molar-refractivity contribution in [2.75, 3.05) is 5.32 Å². The van der Waals surface area contributed by atoms with Crippen molar-refractivity contribution in [3.63, 3.8) is 0 Å². The first-order valence-corrected chi connectivity index (χ1v) is 8.89. The maximum atomic E-state index is 13.4. The van der Waals surface area contributed by atoms with Gasteiger partial charge in [0, 0.05) is 22.2 Å². The molecule has 0 radical (unpaired) electrons. The number of nitrogens with one attached hydrogen (secondary N) is 1. The molecule has 2 aliphatic carbocycles. The van der Waals surface area contributed by atoms with Gasteiger partial charge in [0.25, 0.3) is 0 Å². The van der Waals surface area contributed by atoms with Crippen molar-refractivity contribution >= 4 is 29.0 Å². The fraction of sp³-hybridized carbons (Fsp3) is 0.238. The summed E-state index contributed by atoms with van der Waals surface area (Å²) in [6.45, 7) is 0. The molecule has 5 rings (SSSR count). The lowest BCUT2D eigenvalue weighted by Crippen LogP contribution is -2.48. The molecule has 0 unspecified atom stereocenters. The van der Waals surface area contributed by atoms with Crippen molar-refractivity contribution in [1.82, 2.24) is 0 Å². The lowest BCUT2D eigenvalue weighted by atomic mass is 9.63. The minimum Gasteiger partial charge on any atom is -0.325 e. The molecule has 3 nitrogen and oxygen atoms in total. The summed E-state index contributed by atoms with van der Waals surface area (Å²) in [4.78, 5) is 26.5. The van der Waals surface area contributed by atoms with Gasteiger partial charge in [-0.1, -0.05) is 42.0 Å². The Morgan fingerprint density at radius 1 is 1.08 bits per heavy atom. The van der Waals surface area contributed by atoms with Crippen LogP contribution in [0.4, 0.5) is 5.69 Å². The van der Waals surface area contributed by atoms with Gasteiger partial charge in [-0.25, -0.2) is 0 Å². The number of rotatable bonds is 2. The molecule has 1 aliphatic heterocycles. The molecule has 4 heteroatoms. The minimum atomic E-state index is -0.785. The van der Waals surface area contributed by atoms with Gasteiger partial charge < -0.3 is 5.32 Å². The second kappa shape index (κ2) is 5.06. The molecule has 1 fully saturated rings. The zero-order valence-corrected chi connectivity index (χ0v) is 14.2. The van der Waals surface area contributed by atoms with E-state index in [-0.39, 0.29) is 29.4 Å². The fourth-order valence-corrected chi connectivity index (χ4v) is 5.18. The monoisotopic (exact) mass is 349 g/mol. The Hall–Kier alpha value is -2.39. The number of benzene rings is 2. The summed E-state index contributed by atoms with van der Waals surface area (Å²) in [5.41, 5.74) is 1.63. The van der Waals surface area contributed by atoms with Crippen LogP contribution in [0.2, 0.25) is 5.02 Å². The number of ketones is 1. The number of fused-ring (bicyclic) bond motifs is 5. The van der Waals surface area contributed by atoms with Crippen LogP contribution in [-0.2, 0) is 10.2 Å². The second-order valence-corrected chi connectivity index (χ2v) is 7.54. The van der Waals surface area contributed by atoms with Crippen LogP contribution in [0, 0.1) is 17.8 Å². The number of halogens is 1. The Labute approximate surface area is 150 Å². The first kappa shape index (κ1) is 14.9. The summed E-state index contributed by atoms with van der Waals surface area (Å²) in [6, 6.07) is 14.7. The number of amides is 1. The fourth-order valence-electron chi connectivity index (χ4n) is 5.05. The van der Waals surface area contributed by atoms with Crippen molar-refractivity contribution in [3.05, 3.63) is 76.8 Å². The molecule has 0 aromatic heterocycles. The summed E-state index contributed by atoms with van der Waals surface area (Å²) < 4.78 is 0. The standard InChI is InChI=1S/C21H16ClNO2/c22-15-9-6-12(7-10-15)19(24)18-13-5-8-14(11-13)21(18)16-3-1-2-4-17(16)23-20(21)25/h1-10,13-14,18H,11H2,(H,23,25)/t13-,14-,18-,21+/m0/s1. The van der Waals surface area contributed by atoms with E-state index in [1.54, 1.807) is 24.3 Å². The quantitative estimate of drug-likeness (QED) is 0.651. The summed E-state index contributed by atoms with van der Waals surface area (Å²) >= 11 is 5.96. The van der Waals surface area contributed by atoms with Crippen LogP contribution in [-0.4, -0.2) is 11.7 Å². The van der Waals surface area contributed by atoms with Gasteiger partial charge in [-0.2, -0.15) is 0 Å². The normalized spacial score (nSPS) is 31.4. The maximum Gasteiger partial charge on any atom is 0.236 e. The van der Waals surface area contributed by atoms with Crippen molar-refractivity contribution in [3.8, 4) is 0 Å². The Bertz CT molecular complexity index is 933. The first-order chi connectivity index (χ1) is 12.1. The van der Waals surface area contributed by atoms with E-state index >= 15 is 0 Å². The van der Waals surface area contributed by atoms with E-state index in [1.165, 1.54) is 0 Å². The Balaban J connectivity index is 1.69. The highest BCUT2D eigenvalue weighted by Crippen LogP contribution is 2.61. The van der Waals surface area contributed by atoms with Crippen molar-refractivity contribution in [1.29, 1.82) is 0 Å². The van der Waals surface area contributed by atoms with Crippen LogP contribution in [0.25, 0.3) is 0 Å². The maximum absolute atomic E-state index is 13.4. The average molecular weight is 350 g/mol. The van der Waals surface area contributed by atoms with Crippen LogP contribution in [0.1, 0.15) is 22.3 Å². The van der Waals surface area contributed by atoms with Crippen molar-refractivity contribution in [2.24, 2.45) is 17.8 Å². The van der Waals surface area contributed by atoms with Gasteiger partial charge in [-0.15, -0.1) is 0 Å². The molecule has 1 heterocycles. The highest BCUT2D eigenvalue weighted by molar-refractivity contribution is 6.30. The van der Waals surface area contributed by atoms with E-state index < -0.39 is 5.41 Å². The number of hydrogen-bond acceptors (Lipinski definition) is 2. The third-order valence-electron chi connectivity index (χ3n) is 6.03. The second-order valence-electron chi connectivity index (χ2n) is 7.11. The van der Waals surface area contributed by atoms with Gasteiger partial charge in [0.1, 0.15) is 0 Å². The van der Waals surface area contributed by atoms with E-state index in [2.05, 4.69) is 17.5 Å². The van der Waals surface area contributed by atoms with Crippen molar-refractivity contribution in [2.45, 2.75) is 11.8 Å². The molecule has 124 valence electrons. The molecule has 4 atom stereocenters. The third kappa shape index (κ3) is 1.82. The van der Waals surface area contributed by atoms with Gasteiger partial charge in [0.2, 0.25) is 5.91 Å². The van der Waals surface area contributed by atoms with Gasteiger partial charge in [-0.05, 0) is 54.2 Å². The van der Waals surface area contributed by atoms with E-state index in [1.807, 2.05) is 24.3 Å². The van der Waals surface area contributed by atoms with Gasteiger partial charge in [0.15, 0.2) is 5.78 Å². The molecular formula is C21H16ClNO2. The van der Waals surface area contributed by atoms with E-state index in [0.717, 1.165) is 17.7 Å². The SMILES string of the molecule is O=C(c1ccc(Cl)cc1)[C@@H]1[C@H]2C=C[C@@H](C2)[C@]12C(=O)Nc1ccccc12. The largest absolute Gasteiger partial charge is 0.325 e. The van der Waals surface area contributed by atoms with Gasteiger partial charge in [0.05, 0.1) is 5.41 Å². The zero-order chi connectivity index (χ0) is 17.2. The summed E-state index contributed by atoms with van der Waals surface area (Å²) in [5.74, 6) is -0.210. The summed E-state index contributed by atoms with van der Waals surface area (Å²) in [5, 5.41) is 3.61. The number of para-hydroxylation sites is 1. The number of Topliss-reactive ketones (excluding diaryl/α,β-unsaturated/α-hetero) is 1. The predicted octanol–water partition coefficient (Wildman–Crippen LogP) is 4.23. The topological polar surface area (TPSA) is 46.2 Å². The molecule has 2 aromatic rings. The number of anilines is 1. The molecule has 1 amide bonds. The molecule has 25 heavy (non-hydrogen) atoms. The molecule has 1 N–H and O–H groups in total. The number of allylic oxidation sites excluding steroid dienone is 2. The molecule has 3 aliphatic rings. The van der Waals surface area contributed by atoms with Crippen LogP contribution >= 0.6 is 11.6 Å². The molecular weight excluding hydrogens is 334 g/mol. The number of carbonyl (C=O) groups is 2. The number of carbonyl (C=O) groups excluding carboxylic acids is 2. The van der Waals surface area contributed by atoms with E-state index in [0.29, 0.717) is 10.6 Å². The lowest BCUT2D eigenvalue weighted by Gasteiger charge is -2.36. The van der Waals surface area contributed by atoms with Gasteiger partial charge in [-0.3, -0.25) is 9.59 Å². The molecule has 2 bridgehead atoms. The van der Waals surface area contributed by atoms with E-state index in [9.17, 15) is 9.59 Å². The van der Waals surface area contributed by atoms with Crippen LogP contribution in [0.5, 0.6) is 0 Å². The molecule has 1 saturated carbocycles. The third-order valence-corrected chi connectivity index (χ3v) is 6.28. The zero-order valence-electron chi connectivity index (χ0n) is 13.4. The Morgan fingerprint density at radius 2 is 1.84 bits per heavy atom. The summed E-state index contributed by atoms with van der Waals surface area (Å²) in [6.07, 6.45) is 5.09.